The van der Waals surface area contributed by atoms with Gasteiger partial charge in [0.15, 0.2) is 0 Å². The number of anilines is 1. The Hall–Kier alpha value is -2.34. The maximum Gasteiger partial charge on any atom is 0.248 e. The molecule has 2 aromatic heterocycles. The SMILES string of the molecule is COC(C)(C)CCn1cc(NC(=O)C=Cc2ccoc2)cn1. The Morgan fingerprint density at radius 2 is 2.36 bits per heavy atom. The smallest absolute Gasteiger partial charge is 0.248 e. The number of nitrogens with one attached hydrogen (secondary N) is 1. The zero-order valence-electron chi connectivity index (χ0n) is 13.1. The van der Waals surface area contributed by atoms with Gasteiger partial charge in [-0.15, -0.1) is 0 Å². The van der Waals surface area contributed by atoms with Crippen LogP contribution >= 0.6 is 0 Å². The quantitative estimate of drug-likeness (QED) is 0.798. The van der Waals surface area contributed by atoms with Crippen LogP contribution in [0, 0.1) is 0 Å². The van der Waals surface area contributed by atoms with Gasteiger partial charge in [0, 0.05) is 31.5 Å². The van der Waals surface area contributed by atoms with Gasteiger partial charge in [-0.3, -0.25) is 9.48 Å². The molecule has 2 heterocycles. The second-order valence-electron chi connectivity index (χ2n) is 5.59. The molecule has 118 valence electrons. The van der Waals surface area contributed by atoms with Gasteiger partial charge in [-0.05, 0) is 32.4 Å². The highest BCUT2D eigenvalue weighted by Gasteiger charge is 2.16. The third-order valence-electron chi connectivity index (χ3n) is 3.37. The highest BCUT2D eigenvalue weighted by molar-refractivity contribution is 6.01. The van der Waals surface area contributed by atoms with Crippen molar-refractivity contribution in [1.82, 2.24) is 9.78 Å². The van der Waals surface area contributed by atoms with Crippen LogP contribution in [0.15, 0.2) is 41.5 Å². The van der Waals surface area contributed by atoms with Gasteiger partial charge in [-0.1, -0.05) is 0 Å². The normalized spacial score (nSPS) is 12.0. The van der Waals surface area contributed by atoms with E-state index in [1.54, 1.807) is 48.9 Å². The zero-order valence-corrected chi connectivity index (χ0v) is 13.1. The fraction of sp³-hybridized carbons (Fsp3) is 0.375. The lowest BCUT2D eigenvalue weighted by molar-refractivity contribution is -0.111. The Labute approximate surface area is 129 Å². The first-order chi connectivity index (χ1) is 10.5. The minimum Gasteiger partial charge on any atom is -0.472 e. The molecular weight excluding hydrogens is 282 g/mol. The molecule has 0 bridgehead atoms. The maximum atomic E-state index is 11.8. The standard InChI is InChI=1S/C16H21N3O3/c1-16(2,21-3)7-8-19-11-14(10-17-19)18-15(20)5-4-13-6-9-22-12-13/h4-6,9-12H,7-8H2,1-3H3,(H,18,20). The molecule has 0 unspecified atom stereocenters. The molecule has 0 aliphatic heterocycles. The monoisotopic (exact) mass is 303 g/mol. The fourth-order valence-electron chi connectivity index (χ4n) is 1.76. The van der Waals surface area contributed by atoms with Crippen molar-refractivity contribution in [2.75, 3.05) is 12.4 Å². The van der Waals surface area contributed by atoms with E-state index in [9.17, 15) is 4.79 Å². The van der Waals surface area contributed by atoms with E-state index in [0.717, 1.165) is 18.5 Å². The van der Waals surface area contributed by atoms with E-state index in [1.165, 1.54) is 6.08 Å². The van der Waals surface area contributed by atoms with Gasteiger partial charge < -0.3 is 14.5 Å². The van der Waals surface area contributed by atoms with Crippen LogP contribution in [0.3, 0.4) is 0 Å². The van der Waals surface area contributed by atoms with E-state index in [-0.39, 0.29) is 11.5 Å². The lowest BCUT2D eigenvalue weighted by atomic mass is 10.1. The summed E-state index contributed by atoms with van der Waals surface area (Å²) in [6.45, 7) is 4.78. The average Bonchev–Trinajstić information content (AvgIpc) is 3.15. The molecule has 2 aromatic rings. The minimum atomic E-state index is -0.210. The van der Waals surface area contributed by atoms with E-state index < -0.39 is 0 Å². The summed E-state index contributed by atoms with van der Waals surface area (Å²) in [5.74, 6) is -0.210. The molecule has 6 heteroatoms. The summed E-state index contributed by atoms with van der Waals surface area (Å²) in [6.07, 6.45) is 10.5. The zero-order chi connectivity index (χ0) is 16.0. The van der Waals surface area contributed by atoms with Crippen LogP contribution in [0.5, 0.6) is 0 Å². The van der Waals surface area contributed by atoms with Crippen LogP contribution in [0.2, 0.25) is 0 Å². The van der Waals surface area contributed by atoms with Crippen molar-refractivity contribution in [3.05, 3.63) is 42.6 Å². The molecule has 1 amide bonds. The van der Waals surface area contributed by atoms with Crippen LogP contribution in [0.25, 0.3) is 6.08 Å². The summed E-state index contributed by atoms with van der Waals surface area (Å²) in [7, 11) is 1.70. The number of furan rings is 1. The van der Waals surface area contributed by atoms with Gasteiger partial charge in [0.1, 0.15) is 0 Å². The lowest BCUT2D eigenvalue weighted by Gasteiger charge is -2.22. The lowest BCUT2D eigenvalue weighted by Crippen LogP contribution is -2.24. The molecule has 0 aliphatic carbocycles. The van der Waals surface area contributed by atoms with E-state index in [2.05, 4.69) is 10.4 Å². The molecule has 0 aromatic carbocycles. The van der Waals surface area contributed by atoms with Gasteiger partial charge >= 0.3 is 0 Å². The first-order valence-electron chi connectivity index (χ1n) is 7.07. The summed E-state index contributed by atoms with van der Waals surface area (Å²) in [5.41, 5.74) is 1.31. The molecule has 0 saturated carbocycles. The third kappa shape index (κ3) is 4.89. The molecule has 22 heavy (non-hydrogen) atoms. The van der Waals surface area contributed by atoms with Gasteiger partial charge in [-0.25, -0.2) is 0 Å². The van der Waals surface area contributed by atoms with Crippen LogP contribution in [0.4, 0.5) is 5.69 Å². The van der Waals surface area contributed by atoms with Crippen LogP contribution in [-0.4, -0.2) is 28.4 Å². The number of ether oxygens (including phenoxy) is 1. The van der Waals surface area contributed by atoms with Gasteiger partial charge in [-0.2, -0.15) is 5.10 Å². The van der Waals surface area contributed by atoms with E-state index in [1.807, 2.05) is 13.8 Å². The van der Waals surface area contributed by atoms with Crippen LogP contribution < -0.4 is 5.32 Å². The number of aromatic nitrogens is 2. The highest BCUT2D eigenvalue weighted by atomic mass is 16.5. The Bertz CT molecular complexity index is 627. The summed E-state index contributed by atoms with van der Waals surface area (Å²) in [5, 5.41) is 6.99. The van der Waals surface area contributed by atoms with Crippen molar-refractivity contribution in [2.45, 2.75) is 32.4 Å². The number of aryl methyl sites for hydroxylation is 1. The predicted octanol–water partition coefficient (Wildman–Crippen LogP) is 2.94. The molecular formula is C16H21N3O3. The average molecular weight is 303 g/mol. The number of hydrogen-bond acceptors (Lipinski definition) is 4. The molecule has 6 nitrogen and oxygen atoms in total. The maximum absolute atomic E-state index is 11.8. The van der Waals surface area contributed by atoms with E-state index in [4.69, 9.17) is 9.15 Å². The van der Waals surface area contributed by atoms with Crippen molar-refractivity contribution >= 4 is 17.7 Å². The Morgan fingerprint density at radius 1 is 1.55 bits per heavy atom. The van der Waals surface area contributed by atoms with Gasteiger partial charge in [0.25, 0.3) is 0 Å². The van der Waals surface area contributed by atoms with E-state index in [0.29, 0.717) is 5.69 Å². The number of amides is 1. The molecule has 0 saturated heterocycles. The molecule has 2 rings (SSSR count). The predicted molar refractivity (Wildman–Crippen MR) is 84.3 cm³/mol. The summed E-state index contributed by atoms with van der Waals surface area (Å²) in [6, 6.07) is 1.78. The van der Waals surface area contributed by atoms with Crippen molar-refractivity contribution in [3.8, 4) is 0 Å². The molecule has 0 atom stereocenters. The van der Waals surface area contributed by atoms with Crippen LogP contribution in [-0.2, 0) is 16.1 Å². The Morgan fingerprint density at radius 3 is 3.05 bits per heavy atom. The summed E-state index contributed by atoms with van der Waals surface area (Å²) < 4.78 is 12.1. The second kappa shape index (κ2) is 7.09. The van der Waals surface area contributed by atoms with Crippen molar-refractivity contribution in [3.63, 3.8) is 0 Å². The first kappa shape index (κ1) is 16.0. The number of nitrogens with zero attached hydrogens (tertiary/aromatic N) is 2. The van der Waals surface area contributed by atoms with E-state index >= 15 is 0 Å². The number of hydrogen-bond donors (Lipinski definition) is 1. The summed E-state index contributed by atoms with van der Waals surface area (Å²) >= 11 is 0. The largest absolute Gasteiger partial charge is 0.472 e. The number of rotatable bonds is 7. The Kier molecular flexibility index (Phi) is 5.16. The molecule has 1 N–H and O–H groups in total. The van der Waals surface area contributed by atoms with Gasteiger partial charge in [0.2, 0.25) is 5.91 Å². The van der Waals surface area contributed by atoms with Gasteiger partial charge in [0.05, 0.1) is 30.0 Å². The molecule has 0 spiro atoms. The van der Waals surface area contributed by atoms with Crippen molar-refractivity contribution in [2.24, 2.45) is 0 Å². The van der Waals surface area contributed by atoms with Crippen LogP contribution in [0.1, 0.15) is 25.8 Å². The first-order valence-corrected chi connectivity index (χ1v) is 7.07. The summed E-state index contributed by atoms with van der Waals surface area (Å²) in [4.78, 5) is 11.8. The Balaban J connectivity index is 1.85. The number of methoxy groups -OCH3 is 1. The van der Waals surface area contributed by atoms with Crippen molar-refractivity contribution < 1.29 is 13.9 Å². The fourth-order valence-corrected chi connectivity index (χ4v) is 1.76. The second-order valence-corrected chi connectivity index (χ2v) is 5.59. The minimum absolute atomic E-state index is 0.192. The topological polar surface area (TPSA) is 69.3 Å². The number of carbonyl (C=O) groups is 1. The third-order valence-corrected chi connectivity index (χ3v) is 3.37. The molecule has 0 fully saturated rings. The number of carbonyl (C=O) groups excluding carboxylic acids is 1. The molecule has 0 radical (unpaired) electrons. The molecule has 0 aliphatic rings. The highest BCUT2D eigenvalue weighted by Crippen LogP contribution is 2.15. The van der Waals surface area contributed by atoms with Crippen molar-refractivity contribution in [1.29, 1.82) is 0 Å².